The van der Waals surface area contributed by atoms with Crippen molar-refractivity contribution in [2.45, 2.75) is 13.5 Å². The molecule has 0 amide bonds. The molecule has 2 aromatic rings. The van der Waals surface area contributed by atoms with Gasteiger partial charge >= 0.3 is 5.97 Å². The summed E-state index contributed by atoms with van der Waals surface area (Å²) in [5.74, 6) is -2.42. The van der Waals surface area contributed by atoms with Crippen molar-refractivity contribution in [1.82, 2.24) is 0 Å². The highest BCUT2D eigenvalue weighted by atomic mass is 19.1. The number of rotatable bonds is 4. The van der Waals surface area contributed by atoms with Crippen LogP contribution < -0.4 is 5.32 Å². The molecule has 0 radical (unpaired) electrons. The van der Waals surface area contributed by atoms with Gasteiger partial charge in [0.2, 0.25) is 5.76 Å². The molecule has 0 aliphatic rings. The minimum Gasteiger partial charge on any atom is -0.475 e. The number of carboxylic acids is 1. The second kappa shape index (κ2) is 5.09. The lowest BCUT2D eigenvalue weighted by Gasteiger charge is -2.07. The van der Waals surface area contributed by atoms with Gasteiger partial charge in [0.15, 0.2) is 0 Å². The van der Waals surface area contributed by atoms with Crippen molar-refractivity contribution in [3.63, 3.8) is 0 Å². The summed E-state index contributed by atoms with van der Waals surface area (Å²) in [6.45, 7) is 1.65. The molecule has 100 valence electrons. The number of halogens is 2. The maximum absolute atomic E-state index is 13.4. The number of hydrogen-bond donors (Lipinski definition) is 2. The molecule has 2 rings (SSSR count). The summed E-state index contributed by atoms with van der Waals surface area (Å²) in [7, 11) is 0. The van der Waals surface area contributed by atoms with Crippen molar-refractivity contribution < 1.29 is 23.1 Å². The molecule has 0 aliphatic heterocycles. The molecule has 0 aliphatic carbocycles. The van der Waals surface area contributed by atoms with Crippen LogP contribution >= 0.6 is 0 Å². The van der Waals surface area contributed by atoms with E-state index >= 15 is 0 Å². The monoisotopic (exact) mass is 267 g/mol. The molecule has 0 saturated carbocycles. The van der Waals surface area contributed by atoms with Crippen LogP contribution in [0.25, 0.3) is 0 Å². The largest absolute Gasteiger partial charge is 0.475 e. The van der Waals surface area contributed by atoms with E-state index in [4.69, 9.17) is 9.52 Å². The molecule has 0 saturated heterocycles. The standard InChI is InChI=1S/C13H11F2NO3/c1-7-8(5-11(19-7)13(17)18)6-16-12-9(14)3-2-4-10(12)15/h2-5,16H,6H2,1H3,(H,17,18). The fourth-order valence-corrected chi connectivity index (χ4v) is 1.65. The second-order valence-electron chi connectivity index (χ2n) is 3.95. The first-order chi connectivity index (χ1) is 8.99. The Labute approximate surface area is 107 Å². The first kappa shape index (κ1) is 13.1. The molecule has 0 fully saturated rings. The fourth-order valence-electron chi connectivity index (χ4n) is 1.65. The van der Waals surface area contributed by atoms with Crippen molar-refractivity contribution in [3.05, 3.63) is 53.0 Å². The lowest BCUT2D eigenvalue weighted by Crippen LogP contribution is -2.04. The van der Waals surface area contributed by atoms with Gasteiger partial charge in [-0.15, -0.1) is 0 Å². The number of nitrogens with one attached hydrogen (secondary N) is 1. The molecule has 6 heteroatoms. The van der Waals surface area contributed by atoms with Crippen molar-refractivity contribution in [1.29, 1.82) is 0 Å². The topological polar surface area (TPSA) is 62.5 Å². The number of para-hydroxylation sites is 1. The van der Waals surface area contributed by atoms with Crippen LogP contribution in [0.3, 0.4) is 0 Å². The predicted octanol–water partition coefficient (Wildman–Crippen LogP) is 3.18. The maximum Gasteiger partial charge on any atom is 0.371 e. The van der Waals surface area contributed by atoms with E-state index < -0.39 is 17.6 Å². The van der Waals surface area contributed by atoms with E-state index in [1.165, 1.54) is 12.1 Å². The van der Waals surface area contributed by atoms with Gasteiger partial charge in [-0.3, -0.25) is 0 Å². The summed E-state index contributed by atoms with van der Waals surface area (Å²) in [5.41, 5.74) is 0.278. The minimum atomic E-state index is -1.19. The molecular weight excluding hydrogens is 256 g/mol. The Morgan fingerprint density at radius 2 is 2.00 bits per heavy atom. The van der Waals surface area contributed by atoms with E-state index in [0.29, 0.717) is 11.3 Å². The molecule has 4 nitrogen and oxygen atoms in total. The Balaban J connectivity index is 2.17. The molecule has 1 heterocycles. The third-order valence-corrected chi connectivity index (χ3v) is 2.65. The van der Waals surface area contributed by atoms with E-state index in [0.717, 1.165) is 12.1 Å². The van der Waals surface area contributed by atoms with Crippen LogP contribution in [0.15, 0.2) is 28.7 Å². The Bertz CT molecular complexity index is 602. The van der Waals surface area contributed by atoms with Crippen molar-refractivity contribution in [2.75, 3.05) is 5.32 Å². The van der Waals surface area contributed by atoms with E-state index in [1.54, 1.807) is 6.92 Å². The molecular formula is C13H11F2NO3. The third-order valence-electron chi connectivity index (χ3n) is 2.65. The fraction of sp³-hybridized carbons (Fsp3) is 0.154. The normalized spacial score (nSPS) is 10.5. The molecule has 0 spiro atoms. The lowest BCUT2D eigenvalue weighted by atomic mass is 10.2. The second-order valence-corrected chi connectivity index (χ2v) is 3.95. The van der Waals surface area contributed by atoms with Gasteiger partial charge in [0.1, 0.15) is 23.1 Å². The quantitative estimate of drug-likeness (QED) is 0.893. The number of anilines is 1. The van der Waals surface area contributed by atoms with Crippen LogP contribution in [-0.4, -0.2) is 11.1 Å². The van der Waals surface area contributed by atoms with E-state index in [1.807, 2.05) is 0 Å². The van der Waals surface area contributed by atoms with Gasteiger partial charge in [-0.2, -0.15) is 0 Å². The van der Waals surface area contributed by atoms with E-state index in [-0.39, 0.29) is 18.0 Å². The number of furan rings is 1. The molecule has 0 atom stereocenters. The highest BCUT2D eigenvalue weighted by Crippen LogP contribution is 2.21. The minimum absolute atomic E-state index is 0.0699. The molecule has 0 unspecified atom stereocenters. The van der Waals surface area contributed by atoms with Gasteiger partial charge in [0.05, 0.1) is 0 Å². The molecule has 1 aromatic heterocycles. The van der Waals surface area contributed by atoms with E-state index in [2.05, 4.69) is 5.32 Å². The third kappa shape index (κ3) is 2.73. The predicted molar refractivity (Wildman–Crippen MR) is 64.1 cm³/mol. The summed E-state index contributed by atoms with van der Waals surface area (Å²) in [5, 5.41) is 11.3. The number of hydrogen-bond acceptors (Lipinski definition) is 3. The van der Waals surface area contributed by atoms with Gasteiger partial charge < -0.3 is 14.8 Å². The highest BCUT2D eigenvalue weighted by Gasteiger charge is 2.14. The number of benzene rings is 1. The van der Waals surface area contributed by atoms with Crippen LogP contribution in [0.1, 0.15) is 21.9 Å². The Morgan fingerprint density at radius 1 is 1.37 bits per heavy atom. The Morgan fingerprint density at radius 3 is 2.53 bits per heavy atom. The number of aryl methyl sites for hydroxylation is 1. The van der Waals surface area contributed by atoms with Crippen molar-refractivity contribution in [2.24, 2.45) is 0 Å². The number of aromatic carboxylic acids is 1. The number of carbonyl (C=O) groups is 1. The van der Waals surface area contributed by atoms with E-state index in [9.17, 15) is 13.6 Å². The zero-order valence-corrected chi connectivity index (χ0v) is 10.0. The van der Waals surface area contributed by atoms with Crippen LogP contribution in [0, 0.1) is 18.6 Å². The summed E-state index contributed by atoms with van der Waals surface area (Å²) in [4.78, 5) is 10.7. The van der Waals surface area contributed by atoms with Gasteiger partial charge in [-0.25, -0.2) is 13.6 Å². The summed E-state index contributed by atoms with van der Waals surface area (Å²) < 4.78 is 31.7. The zero-order valence-electron chi connectivity index (χ0n) is 10.0. The highest BCUT2D eigenvalue weighted by molar-refractivity contribution is 5.84. The molecule has 1 aromatic carbocycles. The molecule has 19 heavy (non-hydrogen) atoms. The lowest BCUT2D eigenvalue weighted by molar-refractivity contribution is 0.0661. The first-order valence-electron chi connectivity index (χ1n) is 5.49. The zero-order chi connectivity index (χ0) is 14.0. The van der Waals surface area contributed by atoms with Crippen molar-refractivity contribution >= 4 is 11.7 Å². The van der Waals surface area contributed by atoms with Gasteiger partial charge in [0.25, 0.3) is 0 Å². The average molecular weight is 267 g/mol. The van der Waals surface area contributed by atoms with Gasteiger partial charge in [0, 0.05) is 12.1 Å². The molecule has 2 N–H and O–H groups in total. The van der Waals surface area contributed by atoms with Gasteiger partial charge in [-0.05, 0) is 25.1 Å². The molecule has 0 bridgehead atoms. The van der Waals surface area contributed by atoms with Crippen LogP contribution in [-0.2, 0) is 6.54 Å². The van der Waals surface area contributed by atoms with Crippen LogP contribution in [0.5, 0.6) is 0 Å². The summed E-state index contributed by atoms with van der Waals surface area (Å²) >= 11 is 0. The van der Waals surface area contributed by atoms with Crippen LogP contribution in [0.2, 0.25) is 0 Å². The van der Waals surface area contributed by atoms with Crippen molar-refractivity contribution in [3.8, 4) is 0 Å². The SMILES string of the molecule is Cc1oc(C(=O)O)cc1CNc1c(F)cccc1F. The van der Waals surface area contributed by atoms with Gasteiger partial charge in [-0.1, -0.05) is 6.07 Å². The maximum atomic E-state index is 13.4. The number of carboxylic acid groups (broad SMARTS) is 1. The first-order valence-corrected chi connectivity index (χ1v) is 5.49. The Kier molecular flexibility index (Phi) is 3.50. The smallest absolute Gasteiger partial charge is 0.371 e. The summed E-state index contributed by atoms with van der Waals surface area (Å²) in [6, 6.07) is 4.86. The Hall–Kier alpha value is -2.37. The summed E-state index contributed by atoms with van der Waals surface area (Å²) in [6.07, 6.45) is 0. The van der Waals surface area contributed by atoms with Crippen LogP contribution in [0.4, 0.5) is 14.5 Å². The average Bonchev–Trinajstić information content (AvgIpc) is 2.70.